The molecule has 3 N–H and O–H groups in total. The van der Waals surface area contributed by atoms with E-state index >= 15 is 0 Å². The highest BCUT2D eigenvalue weighted by Gasteiger charge is 2.39. The van der Waals surface area contributed by atoms with Crippen molar-refractivity contribution in [1.29, 1.82) is 0 Å². The number of hydrogen-bond acceptors (Lipinski definition) is 6. The molecule has 1 fully saturated rings. The Hall–Kier alpha value is -3.36. The van der Waals surface area contributed by atoms with E-state index in [4.69, 9.17) is 10.5 Å². The van der Waals surface area contributed by atoms with E-state index in [1.54, 1.807) is 18.1 Å². The molecule has 1 aliphatic heterocycles. The third-order valence-corrected chi connectivity index (χ3v) is 6.47. The quantitative estimate of drug-likeness (QED) is 0.534. The van der Waals surface area contributed by atoms with Crippen molar-refractivity contribution in [2.75, 3.05) is 25.9 Å². The number of amides is 3. The van der Waals surface area contributed by atoms with Gasteiger partial charge < -0.3 is 20.7 Å². The molecule has 1 saturated heterocycles. The van der Waals surface area contributed by atoms with Crippen molar-refractivity contribution in [3.05, 3.63) is 36.0 Å². The topological polar surface area (TPSA) is 118 Å². The lowest BCUT2D eigenvalue weighted by Gasteiger charge is -2.32. The van der Waals surface area contributed by atoms with E-state index in [0.717, 1.165) is 35.6 Å². The molecular formula is C26H37N5O4. The molecule has 1 aliphatic rings. The van der Waals surface area contributed by atoms with E-state index in [1.165, 1.54) is 4.90 Å². The highest BCUT2D eigenvalue weighted by atomic mass is 16.6. The minimum absolute atomic E-state index is 0.185. The molecule has 2 aromatic rings. The number of unbranched alkanes of at least 4 members (excludes halogenated alkanes) is 1. The normalized spacial score (nSPS) is 16.2. The van der Waals surface area contributed by atoms with Crippen LogP contribution in [0.25, 0.3) is 10.8 Å². The number of likely N-dealkylation sites (N-methyl/N-ethyl adjacent to an activating group) is 1. The van der Waals surface area contributed by atoms with Gasteiger partial charge in [0, 0.05) is 31.7 Å². The Morgan fingerprint density at radius 3 is 2.80 bits per heavy atom. The Morgan fingerprint density at radius 2 is 2.06 bits per heavy atom. The lowest BCUT2D eigenvalue weighted by molar-refractivity contribution is -0.142. The highest BCUT2D eigenvalue weighted by molar-refractivity contribution is 5.92. The van der Waals surface area contributed by atoms with Crippen LogP contribution >= 0.6 is 0 Å². The average Bonchev–Trinajstić information content (AvgIpc) is 3.36. The zero-order valence-electron chi connectivity index (χ0n) is 21.0. The molecule has 1 aromatic carbocycles. The fourth-order valence-electron chi connectivity index (χ4n) is 4.46. The Labute approximate surface area is 207 Å². The van der Waals surface area contributed by atoms with Gasteiger partial charge in [-0.15, -0.1) is 0 Å². The van der Waals surface area contributed by atoms with E-state index in [9.17, 15) is 14.4 Å². The Bertz CT molecular complexity index is 1040. The van der Waals surface area contributed by atoms with Gasteiger partial charge in [0.05, 0.1) is 6.61 Å². The molecule has 2 unspecified atom stereocenters. The summed E-state index contributed by atoms with van der Waals surface area (Å²) in [6, 6.07) is 6.47. The van der Waals surface area contributed by atoms with Crippen molar-refractivity contribution in [3.63, 3.8) is 0 Å². The second kappa shape index (κ2) is 12.4. The number of nitrogens with zero attached hydrogens (tertiary/aromatic N) is 3. The zero-order valence-corrected chi connectivity index (χ0v) is 21.0. The van der Waals surface area contributed by atoms with Gasteiger partial charge in [-0.25, -0.2) is 9.78 Å². The number of carbonyl (C=O) groups is 3. The van der Waals surface area contributed by atoms with Crippen LogP contribution in [0.1, 0.15) is 57.9 Å². The zero-order chi connectivity index (χ0) is 25.4. The molecule has 35 heavy (non-hydrogen) atoms. The molecule has 0 saturated carbocycles. The number of pyridine rings is 1. The molecule has 2 atom stereocenters. The largest absolute Gasteiger partial charge is 0.449 e. The van der Waals surface area contributed by atoms with E-state index in [1.807, 2.05) is 38.1 Å². The summed E-state index contributed by atoms with van der Waals surface area (Å²) in [6.45, 7) is 5.12. The summed E-state index contributed by atoms with van der Waals surface area (Å²) in [5, 5.41) is 4.81. The van der Waals surface area contributed by atoms with Gasteiger partial charge in [-0.2, -0.15) is 0 Å². The molecule has 2 heterocycles. The molecule has 0 aliphatic carbocycles. The van der Waals surface area contributed by atoms with Crippen molar-refractivity contribution in [2.45, 2.75) is 71.0 Å². The summed E-state index contributed by atoms with van der Waals surface area (Å²) in [7, 11) is 1.60. The predicted molar refractivity (Wildman–Crippen MR) is 135 cm³/mol. The summed E-state index contributed by atoms with van der Waals surface area (Å²) < 4.78 is 5.25. The van der Waals surface area contributed by atoms with Gasteiger partial charge in [-0.05, 0) is 48.8 Å². The third-order valence-electron chi connectivity index (χ3n) is 6.47. The van der Waals surface area contributed by atoms with Crippen LogP contribution < -0.4 is 11.1 Å². The molecule has 0 radical (unpaired) electrons. The fraction of sp³-hybridized carbons (Fsp3) is 0.538. The second-order valence-corrected chi connectivity index (χ2v) is 9.04. The van der Waals surface area contributed by atoms with Crippen LogP contribution in [0.15, 0.2) is 30.5 Å². The number of likely N-dealkylation sites (tertiary alicyclic amines) is 1. The minimum atomic E-state index is -0.646. The summed E-state index contributed by atoms with van der Waals surface area (Å²) in [5.41, 5.74) is 6.86. The first-order valence-corrected chi connectivity index (χ1v) is 12.5. The van der Waals surface area contributed by atoms with E-state index in [2.05, 4.69) is 10.3 Å². The Kier molecular flexibility index (Phi) is 9.28. The van der Waals surface area contributed by atoms with Gasteiger partial charge in [0.25, 0.3) is 0 Å². The van der Waals surface area contributed by atoms with Gasteiger partial charge in [0.1, 0.15) is 17.9 Å². The summed E-state index contributed by atoms with van der Waals surface area (Å²) in [6.07, 6.45) is 5.45. The Balaban J connectivity index is 1.67. The van der Waals surface area contributed by atoms with Crippen LogP contribution in [0.2, 0.25) is 0 Å². The van der Waals surface area contributed by atoms with Crippen LogP contribution in [0.5, 0.6) is 0 Å². The molecule has 190 valence electrons. The maximum Gasteiger partial charge on any atom is 0.410 e. The lowest BCUT2D eigenvalue weighted by Crippen LogP contribution is -2.53. The van der Waals surface area contributed by atoms with Crippen molar-refractivity contribution >= 4 is 34.5 Å². The number of nitrogen functional groups attached to an aromatic ring is 1. The van der Waals surface area contributed by atoms with Crippen LogP contribution in [0.4, 0.5) is 10.6 Å². The van der Waals surface area contributed by atoms with Crippen molar-refractivity contribution in [2.24, 2.45) is 0 Å². The van der Waals surface area contributed by atoms with Gasteiger partial charge in [0.15, 0.2) is 0 Å². The SMILES string of the molecule is CCCCC(C(=O)N1CCCC1C(=O)NCc1ccc2c(N)nccc2c1)N(C)C(=O)OCCC. The van der Waals surface area contributed by atoms with Crippen LogP contribution in [-0.4, -0.2) is 65.0 Å². The highest BCUT2D eigenvalue weighted by Crippen LogP contribution is 2.23. The number of aromatic nitrogens is 1. The lowest BCUT2D eigenvalue weighted by atomic mass is 10.1. The first-order chi connectivity index (χ1) is 16.9. The minimum Gasteiger partial charge on any atom is -0.449 e. The monoisotopic (exact) mass is 483 g/mol. The molecule has 3 amide bonds. The van der Waals surface area contributed by atoms with E-state index < -0.39 is 18.2 Å². The number of nitrogens with two attached hydrogens (primary N) is 1. The summed E-state index contributed by atoms with van der Waals surface area (Å²) in [4.78, 5) is 46.2. The number of hydrogen-bond donors (Lipinski definition) is 2. The molecule has 0 spiro atoms. The number of ether oxygens (including phenoxy) is 1. The van der Waals surface area contributed by atoms with Gasteiger partial charge in [-0.3, -0.25) is 14.5 Å². The number of anilines is 1. The van der Waals surface area contributed by atoms with Gasteiger partial charge in [0.2, 0.25) is 11.8 Å². The third kappa shape index (κ3) is 6.41. The van der Waals surface area contributed by atoms with Crippen LogP contribution in [0, 0.1) is 0 Å². The molecule has 0 bridgehead atoms. The maximum atomic E-state index is 13.5. The van der Waals surface area contributed by atoms with Crippen LogP contribution in [0.3, 0.4) is 0 Å². The summed E-state index contributed by atoms with van der Waals surface area (Å²) >= 11 is 0. The predicted octanol–water partition coefficient (Wildman–Crippen LogP) is 3.46. The molecule has 9 nitrogen and oxygen atoms in total. The maximum absolute atomic E-state index is 13.5. The molecule has 9 heteroatoms. The molecule has 3 rings (SSSR count). The van der Waals surface area contributed by atoms with Crippen molar-refractivity contribution in [1.82, 2.24) is 20.1 Å². The number of benzene rings is 1. The standard InChI is InChI=1S/C26H37N5O4/c1-4-6-8-22(30(3)26(34)35-15-5-2)25(33)31-14-7-9-21(31)24(32)29-17-18-10-11-20-19(16-18)12-13-28-23(20)27/h10-13,16,21-22H,4-9,14-15,17H2,1-3H3,(H2,27,28)(H,29,32). The fourth-order valence-corrected chi connectivity index (χ4v) is 4.46. The van der Waals surface area contributed by atoms with E-state index in [0.29, 0.717) is 44.8 Å². The van der Waals surface area contributed by atoms with Crippen molar-refractivity contribution in [3.8, 4) is 0 Å². The first-order valence-electron chi connectivity index (χ1n) is 12.5. The van der Waals surface area contributed by atoms with Crippen molar-refractivity contribution < 1.29 is 19.1 Å². The second-order valence-electron chi connectivity index (χ2n) is 9.04. The van der Waals surface area contributed by atoms with Crippen LogP contribution in [-0.2, 0) is 20.9 Å². The molecular weight excluding hydrogens is 446 g/mol. The average molecular weight is 484 g/mol. The number of fused-ring (bicyclic) bond motifs is 1. The number of carbonyl (C=O) groups excluding carboxylic acids is 3. The number of nitrogens with one attached hydrogen (secondary N) is 1. The summed E-state index contributed by atoms with van der Waals surface area (Å²) in [5.74, 6) is 0.0933. The smallest absolute Gasteiger partial charge is 0.410 e. The molecule has 1 aromatic heterocycles. The van der Waals surface area contributed by atoms with Gasteiger partial charge >= 0.3 is 6.09 Å². The Morgan fingerprint density at radius 1 is 1.26 bits per heavy atom. The van der Waals surface area contributed by atoms with E-state index in [-0.39, 0.29) is 11.8 Å². The first kappa shape index (κ1) is 26.2. The van der Waals surface area contributed by atoms with Gasteiger partial charge in [-0.1, -0.05) is 38.8 Å². The number of rotatable bonds is 10.